The highest BCUT2D eigenvalue weighted by molar-refractivity contribution is 5.99. The number of carbonyl (C=O) groups excluding carboxylic acids is 1. The number of hydrogen-bond acceptors (Lipinski definition) is 8. The minimum absolute atomic E-state index is 0.333. The average Bonchev–Trinajstić information content (AvgIpc) is 2.91. The molecule has 0 aliphatic carbocycles. The molecule has 10 heteroatoms. The van der Waals surface area contributed by atoms with Crippen molar-refractivity contribution in [2.24, 2.45) is 0 Å². The second kappa shape index (κ2) is 10.7. The summed E-state index contributed by atoms with van der Waals surface area (Å²) in [5.41, 5.74) is 3.22. The average molecular weight is 476 g/mol. The Morgan fingerprint density at radius 2 is 1.43 bits per heavy atom. The van der Waals surface area contributed by atoms with Gasteiger partial charge in [-0.25, -0.2) is 19.7 Å². The number of ether oxygens (including phenoxy) is 2. The molecule has 3 aromatic rings. The second-order valence-corrected chi connectivity index (χ2v) is 8.46. The molecule has 2 aliphatic heterocycles. The zero-order valence-electron chi connectivity index (χ0n) is 19.7. The van der Waals surface area contributed by atoms with Gasteiger partial charge in [-0.1, -0.05) is 0 Å². The molecule has 0 saturated carbocycles. The number of pyridine rings is 1. The monoisotopic (exact) mass is 475 g/mol. The van der Waals surface area contributed by atoms with Crippen molar-refractivity contribution in [2.45, 2.75) is 6.92 Å². The molecule has 35 heavy (non-hydrogen) atoms. The lowest BCUT2D eigenvalue weighted by Crippen LogP contribution is -2.37. The van der Waals surface area contributed by atoms with E-state index in [1.54, 1.807) is 6.20 Å². The Kier molecular flexibility index (Phi) is 7.01. The van der Waals surface area contributed by atoms with E-state index in [9.17, 15) is 4.79 Å². The van der Waals surface area contributed by atoms with Crippen molar-refractivity contribution in [1.82, 2.24) is 15.0 Å². The van der Waals surface area contributed by atoms with Gasteiger partial charge in [0.05, 0.1) is 38.3 Å². The summed E-state index contributed by atoms with van der Waals surface area (Å²) in [6.45, 7) is 8.11. The number of anilines is 4. The van der Waals surface area contributed by atoms with E-state index in [0.29, 0.717) is 43.6 Å². The third-order valence-electron chi connectivity index (χ3n) is 6.00. The molecule has 0 spiro atoms. The molecule has 0 bridgehead atoms. The van der Waals surface area contributed by atoms with Crippen LogP contribution in [0.3, 0.4) is 0 Å². The van der Waals surface area contributed by atoms with E-state index in [0.717, 1.165) is 48.9 Å². The zero-order valence-corrected chi connectivity index (χ0v) is 19.7. The SMILES string of the molecule is Cc1cnc(-c2ccc(NC(=O)Nc3ccc(N4CCOCC4)nc3)cc2)nc1N1CCOCC1. The van der Waals surface area contributed by atoms with Crippen LogP contribution in [0, 0.1) is 6.92 Å². The Hall–Kier alpha value is -3.76. The van der Waals surface area contributed by atoms with Gasteiger partial charge in [-0.3, -0.25) is 0 Å². The first-order valence-corrected chi connectivity index (χ1v) is 11.8. The van der Waals surface area contributed by atoms with Crippen LogP contribution in [0.25, 0.3) is 11.4 Å². The van der Waals surface area contributed by atoms with Crippen LogP contribution >= 0.6 is 0 Å². The Bertz CT molecular complexity index is 1140. The van der Waals surface area contributed by atoms with Gasteiger partial charge in [0.2, 0.25) is 0 Å². The summed E-state index contributed by atoms with van der Waals surface area (Å²) >= 11 is 0. The summed E-state index contributed by atoms with van der Waals surface area (Å²) in [5, 5.41) is 5.67. The molecule has 0 atom stereocenters. The van der Waals surface area contributed by atoms with E-state index in [2.05, 4.69) is 30.4 Å². The molecule has 2 aromatic heterocycles. The number of aromatic nitrogens is 3. The van der Waals surface area contributed by atoms with Crippen LogP contribution in [-0.4, -0.2) is 73.6 Å². The van der Waals surface area contributed by atoms with Gasteiger partial charge in [0.1, 0.15) is 11.6 Å². The Balaban J connectivity index is 1.20. The predicted octanol–water partition coefficient (Wildman–Crippen LogP) is 3.16. The van der Waals surface area contributed by atoms with Crippen molar-refractivity contribution in [1.29, 1.82) is 0 Å². The fraction of sp³-hybridized carbons (Fsp3) is 0.360. The second-order valence-electron chi connectivity index (χ2n) is 8.46. The molecule has 2 saturated heterocycles. The summed E-state index contributed by atoms with van der Waals surface area (Å²) < 4.78 is 10.8. The molecule has 2 N–H and O–H groups in total. The molecule has 2 fully saturated rings. The number of amides is 2. The van der Waals surface area contributed by atoms with Crippen LogP contribution in [0.5, 0.6) is 0 Å². The van der Waals surface area contributed by atoms with Gasteiger partial charge in [0, 0.05) is 49.2 Å². The topological polar surface area (TPSA) is 105 Å². The molecule has 182 valence electrons. The van der Waals surface area contributed by atoms with E-state index in [4.69, 9.17) is 14.5 Å². The van der Waals surface area contributed by atoms with Crippen LogP contribution < -0.4 is 20.4 Å². The molecule has 4 heterocycles. The van der Waals surface area contributed by atoms with Gasteiger partial charge in [-0.05, 0) is 43.3 Å². The van der Waals surface area contributed by atoms with E-state index >= 15 is 0 Å². The molecule has 5 rings (SSSR count). The van der Waals surface area contributed by atoms with Crippen LogP contribution in [0.15, 0.2) is 48.8 Å². The lowest BCUT2D eigenvalue weighted by molar-refractivity contribution is 0.122. The molecule has 1 aromatic carbocycles. The number of urea groups is 1. The van der Waals surface area contributed by atoms with Crippen LogP contribution in [0.4, 0.5) is 27.8 Å². The lowest BCUT2D eigenvalue weighted by atomic mass is 10.2. The fourth-order valence-corrected chi connectivity index (χ4v) is 4.10. The summed E-state index contributed by atoms with van der Waals surface area (Å²) in [7, 11) is 0. The number of aryl methyl sites for hydroxylation is 1. The van der Waals surface area contributed by atoms with Crippen LogP contribution in [0.1, 0.15) is 5.56 Å². The first-order chi connectivity index (χ1) is 17.2. The van der Waals surface area contributed by atoms with Crippen LogP contribution in [0.2, 0.25) is 0 Å². The highest BCUT2D eigenvalue weighted by atomic mass is 16.5. The maximum atomic E-state index is 12.5. The summed E-state index contributed by atoms with van der Waals surface area (Å²) in [5.74, 6) is 2.47. The van der Waals surface area contributed by atoms with Crippen molar-refractivity contribution < 1.29 is 14.3 Å². The van der Waals surface area contributed by atoms with Crippen molar-refractivity contribution in [3.63, 3.8) is 0 Å². The minimum atomic E-state index is -0.333. The first-order valence-electron chi connectivity index (χ1n) is 11.8. The van der Waals surface area contributed by atoms with Gasteiger partial charge in [0.15, 0.2) is 5.82 Å². The smallest absolute Gasteiger partial charge is 0.323 e. The Morgan fingerprint density at radius 1 is 0.800 bits per heavy atom. The number of carbonyl (C=O) groups is 1. The number of rotatable bonds is 5. The summed E-state index contributed by atoms with van der Waals surface area (Å²) in [6.07, 6.45) is 3.51. The van der Waals surface area contributed by atoms with E-state index in [1.807, 2.05) is 49.5 Å². The van der Waals surface area contributed by atoms with Gasteiger partial charge < -0.3 is 29.9 Å². The normalized spacial score (nSPS) is 16.1. The molecule has 2 aliphatic rings. The van der Waals surface area contributed by atoms with Gasteiger partial charge in [0.25, 0.3) is 0 Å². The zero-order chi connectivity index (χ0) is 24.0. The van der Waals surface area contributed by atoms with Crippen molar-refractivity contribution in [2.75, 3.05) is 73.0 Å². The predicted molar refractivity (Wildman–Crippen MR) is 135 cm³/mol. The van der Waals surface area contributed by atoms with E-state index < -0.39 is 0 Å². The van der Waals surface area contributed by atoms with Crippen LogP contribution in [-0.2, 0) is 9.47 Å². The first kappa shape index (κ1) is 23.0. The maximum Gasteiger partial charge on any atom is 0.323 e. The highest BCUT2D eigenvalue weighted by Gasteiger charge is 2.17. The molecule has 0 radical (unpaired) electrons. The number of benzene rings is 1. The van der Waals surface area contributed by atoms with Crippen molar-refractivity contribution in [3.05, 3.63) is 54.4 Å². The van der Waals surface area contributed by atoms with Gasteiger partial charge in [-0.2, -0.15) is 0 Å². The third kappa shape index (κ3) is 5.67. The quantitative estimate of drug-likeness (QED) is 0.580. The minimum Gasteiger partial charge on any atom is -0.378 e. The maximum absolute atomic E-state index is 12.5. The highest BCUT2D eigenvalue weighted by Crippen LogP contribution is 2.24. The summed E-state index contributed by atoms with van der Waals surface area (Å²) in [6, 6.07) is 10.9. The molecule has 0 unspecified atom stereocenters. The van der Waals surface area contributed by atoms with Crippen molar-refractivity contribution >= 4 is 29.0 Å². The lowest BCUT2D eigenvalue weighted by Gasteiger charge is -2.29. The standard InChI is InChI=1S/C25H29N7O3/c1-18-16-27-23(30-24(18)32-10-14-35-15-11-32)19-2-4-20(5-3-19)28-25(33)29-21-6-7-22(26-17-21)31-8-12-34-13-9-31/h2-7,16-17H,8-15H2,1H3,(H2,28,29,33). The molecular formula is C25H29N7O3. The molecule has 2 amide bonds. The largest absolute Gasteiger partial charge is 0.378 e. The number of nitrogens with one attached hydrogen (secondary N) is 2. The third-order valence-corrected chi connectivity index (χ3v) is 6.00. The molecular weight excluding hydrogens is 446 g/mol. The summed E-state index contributed by atoms with van der Waals surface area (Å²) in [4.78, 5) is 30.6. The number of morpholine rings is 2. The molecule has 10 nitrogen and oxygen atoms in total. The number of hydrogen-bond donors (Lipinski definition) is 2. The van der Waals surface area contributed by atoms with Gasteiger partial charge >= 0.3 is 6.03 Å². The van der Waals surface area contributed by atoms with Gasteiger partial charge in [-0.15, -0.1) is 0 Å². The Labute approximate surface area is 204 Å². The van der Waals surface area contributed by atoms with E-state index in [-0.39, 0.29) is 6.03 Å². The number of nitrogens with zero attached hydrogens (tertiary/aromatic N) is 5. The fourth-order valence-electron chi connectivity index (χ4n) is 4.10. The Morgan fingerprint density at radius 3 is 2.09 bits per heavy atom. The van der Waals surface area contributed by atoms with Crippen molar-refractivity contribution in [3.8, 4) is 11.4 Å². The van der Waals surface area contributed by atoms with E-state index in [1.165, 1.54) is 0 Å².